The highest BCUT2D eigenvalue weighted by molar-refractivity contribution is 7.71. The molecule has 4 nitrogen and oxygen atoms in total. The van der Waals surface area contributed by atoms with E-state index in [4.69, 9.17) is 12.2 Å². The summed E-state index contributed by atoms with van der Waals surface area (Å²) < 4.78 is 2.00. The van der Waals surface area contributed by atoms with Crippen molar-refractivity contribution >= 4 is 24.4 Å². The Bertz CT molecular complexity index is 1120. The maximum atomic E-state index is 11.9. The first-order valence-corrected chi connectivity index (χ1v) is 8.49. The van der Waals surface area contributed by atoms with Crippen LogP contribution < -0.4 is 5.69 Å². The molecule has 1 aromatic carbocycles. The average molecular weight is 347 g/mol. The molecule has 0 bridgehead atoms. The van der Waals surface area contributed by atoms with Crippen molar-refractivity contribution < 1.29 is 0 Å². The summed E-state index contributed by atoms with van der Waals surface area (Å²) in [5.74, 6) is -0.0788. The second-order valence-corrected chi connectivity index (χ2v) is 6.74. The fraction of sp³-hybridized carbons (Fsp3) is 0.150. The standard InChI is InChI=1S/C20H17N3OS/c1-12-5-7-14-13(10-12)6-8-17-15(4-3-9-21-17)18(14)16-11-23(2)20(24)22-19(16)25/h3-11,18H,1-2H3,(H,22,24,25). The summed E-state index contributed by atoms with van der Waals surface area (Å²) in [6, 6.07) is 10.4. The van der Waals surface area contributed by atoms with Crippen molar-refractivity contribution in [1.82, 2.24) is 14.5 Å². The van der Waals surface area contributed by atoms with Crippen LogP contribution in [0.4, 0.5) is 0 Å². The zero-order valence-corrected chi connectivity index (χ0v) is 14.8. The molecule has 25 heavy (non-hydrogen) atoms. The first kappa shape index (κ1) is 15.7. The summed E-state index contributed by atoms with van der Waals surface area (Å²) in [6.07, 6.45) is 7.77. The number of fused-ring (bicyclic) bond motifs is 2. The molecule has 1 atom stereocenters. The van der Waals surface area contributed by atoms with E-state index in [1.807, 2.05) is 18.3 Å². The molecule has 124 valence electrons. The second kappa shape index (κ2) is 5.93. The van der Waals surface area contributed by atoms with Crippen LogP contribution >= 0.6 is 12.2 Å². The molecular weight excluding hydrogens is 330 g/mol. The summed E-state index contributed by atoms with van der Waals surface area (Å²) >= 11 is 5.50. The van der Waals surface area contributed by atoms with Crippen LogP contribution in [0.2, 0.25) is 0 Å². The number of rotatable bonds is 1. The first-order chi connectivity index (χ1) is 12.0. The maximum absolute atomic E-state index is 11.9. The smallest absolute Gasteiger partial charge is 0.304 e. The zero-order valence-electron chi connectivity index (χ0n) is 14.0. The van der Waals surface area contributed by atoms with E-state index in [9.17, 15) is 4.79 Å². The molecule has 0 saturated heterocycles. The van der Waals surface area contributed by atoms with Gasteiger partial charge in [-0.3, -0.25) is 9.97 Å². The lowest BCUT2D eigenvalue weighted by atomic mass is 9.84. The summed E-state index contributed by atoms with van der Waals surface area (Å²) in [4.78, 5) is 19.2. The Hall–Kier alpha value is -2.79. The summed E-state index contributed by atoms with van der Waals surface area (Å²) in [7, 11) is 1.73. The molecular formula is C20H17N3OS. The van der Waals surface area contributed by atoms with Crippen LogP contribution in [0.15, 0.2) is 47.5 Å². The Morgan fingerprint density at radius 3 is 2.84 bits per heavy atom. The van der Waals surface area contributed by atoms with Crippen molar-refractivity contribution in [3.8, 4) is 0 Å². The minimum Gasteiger partial charge on any atom is -0.304 e. The normalized spacial score (nSPS) is 15.4. The molecule has 1 unspecified atom stereocenters. The van der Waals surface area contributed by atoms with Gasteiger partial charge in [0, 0.05) is 30.9 Å². The molecule has 5 heteroatoms. The van der Waals surface area contributed by atoms with Crippen molar-refractivity contribution in [1.29, 1.82) is 0 Å². The van der Waals surface area contributed by atoms with E-state index in [-0.39, 0.29) is 11.6 Å². The van der Waals surface area contributed by atoms with Crippen molar-refractivity contribution in [3.05, 3.63) is 91.4 Å². The highest BCUT2D eigenvalue weighted by atomic mass is 32.1. The van der Waals surface area contributed by atoms with E-state index in [0.717, 1.165) is 27.9 Å². The largest absolute Gasteiger partial charge is 0.326 e. The van der Waals surface area contributed by atoms with Gasteiger partial charge in [0.05, 0.1) is 5.69 Å². The van der Waals surface area contributed by atoms with Gasteiger partial charge in [-0.15, -0.1) is 0 Å². The van der Waals surface area contributed by atoms with E-state index in [2.05, 4.69) is 47.2 Å². The predicted octanol–water partition coefficient (Wildman–Crippen LogP) is 3.81. The lowest BCUT2D eigenvalue weighted by Gasteiger charge is -2.21. The molecule has 0 fully saturated rings. The van der Waals surface area contributed by atoms with E-state index >= 15 is 0 Å². The minimum atomic E-state index is -0.212. The lowest BCUT2D eigenvalue weighted by molar-refractivity contribution is 0.773. The molecule has 0 spiro atoms. The van der Waals surface area contributed by atoms with Gasteiger partial charge >= 0.3 is 5.69 Å². The fourth-order valence-electron chi connectivity index (χ4n) is 3.38. The SMILES string of the molecule is Cc1ccc2c(c1)C=Cc1ncccc1C2c1cn(C)c(=O)[nH]c1=S. The summed E-state index contributed by atoms with van der Waals surface area (Å²) in [5, 5.41) is 0. The van der Waals surface area contributed by atoms with Crippen molar-refractivity contribution in [2.45, 2.75) is 12.8 Å². The van der Waals surface area contributed by atoms with Gasteiger partial charge in [0.1, 0.15) is 4.64 Å². The van der Waals surface area contributed by atoms with Gasteiger partial charge in [0.15, 0.2) is 0 Å². The second-order valence-electron chi connectivity index (χ2n) is 6.33. The molecule has 0 radical (unpaired) electrons. The van der Waals surface area contributed by atoms with Gasteiger partial charge in [-0.2, -0.15) is 0 Å². The summed E-state index contributed by atoms with van der Waals surface area (Å²) in [5.41, 5.74) is 6.20. The molecule has 4 rings (SSSR count). The van der Waals surface area contributed by atoms with Crippen LogP contribution in [0.1, 0.15) is 39.4 Å². The maximum Gasteiger partial charge on any atom is 0.326 e. The highest BCUT2D eigenvalue weighted by Gasteiger charge is 2.25. The Kier molecular flexibility index (Phi) is 3.73. The third kappa shape index (κ3) is 2.66. The van der Waals surface area contributed by atoms with Crippen LogP contribution in [0.5, 0.6) is 0 Å². The number of benzene rings is 1. The van der Waals surface area contributed by atoms with E-state index in [1.54, 1.807) is 13.2 Å². The van der Waals surface area contributed by atoms with Crippen LogP contribution in [-0.2, 0) is 7.05 Å². The van der Waals surface area contributed by atoms with Gasteiger partial charge in [-0.25, -0.2) is 4.79 Å². The number of aryl methyl sites for hydroxylation is 2. The Morgan fingerprint density at radius 2 is 2.00 bits per heavy atom. The Balaban J connectivity index is 2.08. The number of nitrogens with one attached hydrogen (secondary N) is 1. The van der Waals surface area contributed by atoms with Gasteiger partial charge < -0.3 is 4.57 Å². The van der Waals surface area contributed by atoms with E-state index in [1.165, 1.54) is 10.1 Å². The van der Waals surface area contributed by atoms with Crippen LogP contribution in [0.3, 0.4) is 0 Å². The van der Waals surface area contributed by atoms with Crippen molar-refractivity contribution in [2.75, 3.05) is 0 Å². The van der Waals surface area contributed by atoms with Crippen molar-refractivity contribution in [3.63, 3.8) is 0 Å². The van der Waals surface area contributed by atoms with Crippen LogP contribution in [-0.4, -0.2) is 14.5 Å². The van der Waals surface area contributed by atoms with Crippen LogP contribution in [0, 0.1) is 11.6 Å². The molecule has 1 N–H and O–H groups in total. The van der Waals surface area contributed by atoms with Crippen molar-refractivity contribution in [2.24, 2.45) is 7.05 Å². The fourth-order valence-corrected chi connectivity index (χ4v) is 3.63. The molecule has 1 aliphatic carbocycles. The van der Waals surface area contributed by atoms with Gasteiger partial charge in [0.2, 0.25) is 0 Å². The zero-order chi connectivity index (χ0) is 17.6. The number of hydrogen-bond acceptors (Lipinski definition) is 3. The minimum absolute atomic E-state index is 0.0788. The van der Waals surface area contributed by atoms with Crippen LogP contribution in [0.25, 0.3) is 12.2 Å². The number of H-pyrrole nitrogens is 1. The van der Waals surface area contributed by atoms with E-state index < -0.39 is 0 Å². The number of pyridine rings is 1. The average Bonchev–Trinajstić information content (AvgIpc) is 2.75. The van der Waals surface area contributed by atoms with Gasteiger partial charge in [0.25, 0.3) is 0 Å². The number of nitrogens with zero attached hydrogens (tertiary/aromatic N) is 2. The lowest BCUT2D eigenvalue weighted by Crippen LogP contribution is -2.22. The third-order valence-corrected chi connectivity index (χ3v) is 4.94. The Labute approximate surface area is 150 Å². The molecule has 2 heterocycles. The number of aromatic amines is 1. The molecule has 2 aromatic heterocycles. The quantitative estimate of drug-likeness (QED) is 0.533. The topological polar surface area (TPSA) is 50.7 Å². The number of hydrogen-bond donors (Lipinski definition) is 1. The molecule has 0 saturated carbocycles. The predicted molar refractivity (Wildman–Crippen MR) is 102 cm³/mol. The van der Waals surface area contributed by atoms with E-state index in [0.29, 0.717) is 4.64 Å². The monoisotopic (exact) mass is 347 g/mol. The molecule has 3 aromatic rings. The van der Waals surface area contributed by atoms with Gasteiger partial charge in [-0.05, 0) is 35.8 Å². The van der Waals surface area contributed by atoms with Gasteiger partial charge in [-0.1, -0.05) is 48.1 Å². The summed E-state index contributed by atoms with van der Waals surface area (Å²) in [6.45, 7) is 2.08. The third-order valence-electron chi connectivity index (χ3n) is 4.60. The molecule has 0 amide bonds. The highest BCUT2D eigenvalue weighted by Crippen LogP contribution is 2.38. The molecule has 1 aliphatic rings. The first-order valence-electron chi connectivity index (χ1n) is 8.08. The molecule has 0 aliphatic heterocycles. The Morgan fingerprint density at radius 1 is 1.16 bits per heavy atom. The number of aromatic nitrogens is 3.